The summed E-state index contributed by atoms with van der Waals surface area (Å²) >= 11 is 0. The number of nitrogens with zero attached hydrogens (tertiary/aromatic N) is 2. The van der Waals surface area contributed by atoms with Crippen molar-refractivity contribution in [1.82, 2.24) is 9.47 Å². The monoisotopic (exact) mass is 221 g/mol. The fraction of sp³-hybridized carbons (Fsp3) is 0.417. The van der Waals surface area contributed by atoms with Crippen LogP contribution < -0.4 is 5.73 Å². The standard InChI is InChI=1S/C12H19N3O/c1-4-7-14(5-2)12(16)11-8-10(13)9-15(11)6-3/h4,8-9H,1,5-7,13H2,2-3H3. The maximum Gasteiger partial charge on any atom is 0.270 e. The molecule has 0 aromatic carbocycles. The number of nitrogens with two attached hydrogens (primary N) is 1. The quantitative estimate of drug-likeness (QED) is 0.770. The zero-order chi connectivity index (χ0) is 12.1. The van der Waals surface area contributed by atoms with Gasteiger partial charge in [0.15, 0.2) is 0 Å². The lowest BCUT2D eigenvalue weighted by atomic mass is 10.3. The lowest BCUT2D eigenvalue weighted by Crippen LogP contribution is -2.32. The van der Waals surface area contributed by atoms with Crippen molar-refractivity contribution in [3.05, 3.63) is 30.6 Å². The van der Waals surface area contributed by atoms with Crippen LogP contribution in [0.5, 0.6) is 0 Å². The molecule has 0 aliphatic carbocycles. The molecule has 4 heteroatoms. The van der Waals surface area contributed by atoms with E-state index in [1.807, 2.05) is 18.4 Å². The number of hydrogen-bond donors (Lipinski definition) is 1. The molecule has 0 saturated heterocycles. The van der Waals surface area contributed by atoms with E-state index in [0.29, 0.717) is 24.5 Å². The molecule has 4 nitrogen and oxygen atoms in total. The largest absolute Gasteiger partial charge is 0.397 e. The van der Waals surface area contributed by atoms with Gasteiger partial charge in [-0.1, -0.05) is 6.08 Å². The first-order chi connectivity index (χ1) is 7.63. The zero-order valence-electron chi connectivity index (χ0n) is 9.94. The molecule has 0 aliphatic heterocycles. The summed E-state index contributed by atoms with van der Waals surface area (Å²) in [6.07, 6.45) is 3.51. The van der Waals surface area contributed by atoms with Gasteiger partial charge in [0.2, 0.25) is 0 Å². The van der Waals surface area contributed by atoms with Crippen LogP contribution in [0.25, 0.3) is 0 Å². The van der Waals surface area contributed by atoms with Gasteiger partial charge in [-0.25, -0.2) is 0 Å². The maximum atomic E-state index is 12.2. The van der Waals surface area contributed by atoms with Gasteiger partial charge < -0.3 is 15.2 Å². The lowest BCUT2D eigenvalue weighted by Gasteiger charge is -2.19. The van der Waals surface area contributed by atoms with E-state index in [1.165, 1.54) is 0 Å². The van der Waals surface area contributed by atoms with E-state index in [4.69, 9.17) is 5.73 Å². The van der Waals surface area contributed by atoms with E-state index >= 15 is 0 Å². The molecule has 1 amide bonds. The molecule has 0 atom stereocenters. The Morgan fingerprint density at radius 2 is 2.31 bits per heavy atom. The Bertz CT molecular complexity index is 382. The minimum atomic E-state index is 0.000880. The van der Waals surface area contributed by atoms with Crippen molar-refractivity contribution in [2.75, 3.05) is 18.8 Å². The van der Waals surface area contributed by atoms with E-state index in [-0.39, 0.29) is 5.91 Å². The molecule has 2 N–H and O–H groups in total. The first-order valence-electron chi connectivity index (χ1n) is 5.49. The second-order valence-electron chi connectivity index (χ2n) is 3.58. The number of aromatic nitrogens is 1. The smallest absolute Gasteiger partial charge is 0.270 e. The molecule has 88 valence electrons. The number of nitrogen functional groups attached to an aromatic ring is 1. The summed E-state index contributed by atoms with van der Waals surface area (Å²) in [6.45, 7) is 9.55. The van der Waals surface area contributed by atoms with Gasteiger partial charge in [-0.3, -0.25) is 4.79 Å². The van der Waals surface area contributed by atoms with Crippen LogP contribution in [0.4, 0.5) is 5.69 Å². The molecular formula is C12H19N3O. The molecule has 1 heterocycles. The minimum absolute atomic E-state index is 0.000880. The van der Waals surface area contributed by atoms with Gasteiger partial charge in [0.25, 0.3) is 5.91 Å². The van der Waals surface area contributed by atoms with Crippen LogP contribution in [0.1, 0.15) is 24.3 Å². The third kappa shape index (κ3) is 2.45. The highest BCUT2D eigenvalue weighted by Crippen LogP contribution is 2.13. The van der Waals surface area contributed by atoms with Gasteiger partial charge in [-0.2, -0.15) is 0 Å². The highest BCUT2D eigenvalue weighted by molar-refractivity contribution is 5.93. The molecule has 0 fully saturated rings. The number of hydrogen-bond acceptors (Lipinski definition) is 2. The highest BCUT2D eigenvalue weighted by atomic mass is 16.2. The Morgan fingerprint density at radius 3 is 2.81 bits per heavy atom. The molecule has 1 aromatic heterocycles. The van der Waals surface area contributed by atoms with E-state index in [2.05, 4.69) is 6.58 Å². The topological polar surface area (TPSA) is 51.3 Å². The third-order valence-electron chi connectivity index (χ3n) is 2.50. The van der Waals surface area contributed by atoms with Crippen molar-refractivity contribution in [3.8, 4) is 0 Å². The number of likely N-dealkylation sites (N-methyl/N-ethyl adjacent to an activating group) is 1. The van der Waals surface area contributed by atoms with Gasteiger partial charge in [0.05, 0.1) is 5.69 Å². The summed E-state index contributed by atoms with van der Waals surface area (Å²) in [5.41, 5.74) is 6.96. The van der Waals surface area contributed by atoms with Gasteiger partial charge in [-0.05, 0) is 19.9 Å². The van der Waals surface area contributed by atoms with Crippen LogP contribution in [0.2, 0.25) is 0 Å². The Morgan fingerprint density at radius 1 is 1.62 bits per heavy atom. The molecule has 0 aliphatic rings. The van der Waals surface area contributed by atoms with Gasteiger partial charge >= 0.3 is 0 Å². The number of aryl methyl sites for hydroxylation is 1. The summed E-state index contributed by atoms with van der Waals surface area (Å²) in [5.74, 6) is 0.000880. The second-order valence-corrected chi connectivity index (χ2v) is 3.58. The van der Waals surface area contributed by atoms with E-state index in [9.17, 15) is 4.79 Å². The number of amides is 1. The van der Waals surface area contributed by atoms with Crippen LogP contribution in [0, 0.1) is 0 Å². The second kappa shape index (κ2) is 5.39. The predicted octanol–water partition coefficient (Wildman–Crippen LogP) is 1.74. The first-order valence-corrected chi connectivity index (χ1v) is 5.49. The van der Waals surface area contributed by atoms with Crippen molar-refractivity contribution >= 4 is 11.6 Å². The fourth-order valence-corrected chi connectivity index (χ4v) is 1.65. The SMILES string of the molecule is C=CCN(CC)C(=O)c1cc(N)cn1CC. The van der Waals surface area contributed by atoms with Crippen LogP contribution in [-0.2, 0) is 6.54 Å². The van der Waals surface area contributed by atoms with Crippen LogP contribution in [0.15, 0.2) is 24.9 Å². The van der Waals surface area contributed by atoms with Crippen LogP contribution in [-0.4, -0.2) is 28.5 Å². The van der Waals surface area contributed by atoms with Crippen molar-refractivity contribution in [2.45, 2.75) is 20.4 Å². The Hall–Kier alpha value is -1.71. The number of anilines is 1. The van der Waals surface area contributed by atoms with Gasteiger partial charge in [-0.15, -0.1) is 6.58 Å². The molecule has 0 unspecified atom stereocenters. The molecule has 0 spiro atoms. The van der Waals surface area contributed by atoms with E-state index in [0.717, 1.165) is 6.54 Å². The van der Waals surface area contributed by atoms with E-state index < -0.39 is 0 Å². The Balaban J connectivity index is 2.97. The maximum absolute atomic E-state index is 12.2. The van der Waals surface area contributed by atoms with Crippen molar-refractivity contribution in [2.24, 2.45) is 0 Å². The number of carbonyl (C=O) groups excluding carboxylic acids is 1. The average molecular weight is 221 g/mol. The Kier molecular flexibility index (Phi) is 4.17. The first kappa shape index (κ1) is 12.4. The molecule has 16 heavy (non-hydrogen) atoms. The van der Waals surface area contributed by atoms with Crippen molar-refractivity contribution in [3.63, 3.8) is 0 Å². The molecule has 0 radical (unpaired) electrons. The number of carbonyl (C=O) groups is 1. The fourth-order valence-electron chi connectivity index (χ4n) is 1.65. The molecule has 1 aromatic rings. The normalized spacial score (nSPS) is 10.1. The minimum Gasteiger partial charge on any atom is -0.397 e. The van der Waals surface area contributed by atoms with E-state index in [1.54, 1.807) is 23.2 Å². The summed E-state index contributed by atoms with van der Waals surface area (Å²) in [6, 6.07) is 1.72. The molecule has 0 bridgehead atoms. The summed E-state index contributed by atoms with van der Waals surface area (Å²) in [7, 11) is 0. The summed E-state index contributed by atoms with van der Waals surface area (Å²) < 4.78 is 1.86. The van der Waals surface area contributed by atoms with Gasteiger partial charge in [0, 0.05) is 25.8 Å². The molecule has 0 saturated carbocycles. The number of rotatable bonds is 5. The lowest BCUT2D eigenvalue weighted by molar-refractivity contribution is 0.0771. The zero-order valence-corrected chi connectivity index (χ0v) is 9.94. The highest BCUT2D eigenvalue weighted by Gasteiger charge is 2.17. The predicted molar refractivity (Wildman–Crippen MR) is 66.3 cm³/mol. The summed E-state index contributed by atoms with van der Waals surface area (Å²) in [4.78, 5) is 13.9. The van der Waals surface area contributed by atoms with Crippen LogP contribution >= 0.6 is 0 Å². The Labute approximate surface area is 96.3 Å². The van der Waals surface area contributed by atoms with Gasteiger partial charge in [0.1, 0.15) is 5.69 Å². The molecular weight excluding hydrogens is 202 g/mol. The van der Waals surface area contributed by atoms with Crippen LogP contribution in [0.3, 0.4) is 0 Å². The summed E-state index contributed by atoms with van der Waals surface area (Å²) in [5, 5.41) is 0. The average Bonchev–Trinajstić information content (AvgIpc) is 2.66. The third-order valence-corrected chi connectivity index (χ3v) is 2.50. The molecule has 1 rings (SSSR count). The van der Waals surface area contributed by atoms with Crippen molar-refractivity contribution in [1.29, 1.82) is 0 Å². The van der Waals surface area contributed by atoms with Crippen molar-refractivity contribution < 1.29 is 4.79 Å².